The summed E-state index contributed by atoms with van der Waals surface area (Å²) in [5.74, 6) is 0.619. The van der Waals surface area contributed by atoms with E-state index >= 15 is 0 Å². The highest BCUT2D eigenvalue weighted by molar-refractivity contribution is 5.82. The van der Waals surface area contributed by atoms with E-state index in [1.165, 1.54) is 0 Å². The van der Waals surface area contributed by atoms with Gasteiger partial charge in [0.2, 0.25) is 0 Å². The number of ether oxygens (including phenoxy) is 1. The third-order valence-electron chi connectivity index (χ3n) is 2.80. The zero-order valence-electron chi connectivity index (χ0n) is 11.2. The predicted molar refractivity (Wildman–Crippen MR) is 76.0 cm³/mol. The maximum Gasteiger partial charge on any atom is 0.144 e. The van der Waals surface area contributed by atoms with Crippen LogP contribution in [0.25, 0.3) is 10.9 Å². The fraction of sp³-hybridized carbons (Fsp3) is 0.333. The van der Waals surface area contributed by atoms with Crippen molar-refractivity contribution in [1.29, 1.82) is 5.26 Å². The van der Waals surface area contributed by atoms with E-state index in [0.29, 0.717) is 24.6 Å². The van der Waals surface area contributed by atoms with Gasteiger partial charge in [-0.3, -0.25) is 0 Å². The molecule has 2 rings (SSSR count). The van der Waals surface area contributed by atoms with Gasteiger partial charge in [-0.05, 0) is 26.0 Å². The smallest absolute Gasteiger partial charge is 0.144 e. The molecule has 98 valence electrons. The molecule has 0 amide bonds. The molecule has 1 atom stereocenters. The first-order valence-electron chi connectivity index (χ1n) is 6.38. The van der Waals surface area contributed by atoms with Gasteiger partial charge in [0.15, 0.2) is 0 Å². The van der Waals surface area contributed by atoms with Crippen molar-refractivity contribution in [3.8, 4) is 6.07 Å². The molecule has 19 heavy (non-hydrogen) atoms. The third-order valence-corrected chi connectivity index (χ3v) is 2.80. The van der Waals surface area contributed by atoms with Crippen LogP contribution >= 0.6 is 0 Å². The summed E-state index contributed by atoms with van der Waals surface area (Å²) in [7, 11) is 0. The summed E-state index contributed by atoms with van der Waals surface area (Å²) < 4.78 is 5.36. The lowest BCUT2D eigenvalue weighted by molar-refractivity contribution is 0.141. The molecular weight excluding hydrogens is 238 g/mol. The molecule has 4 heteroatoms. The topological polar surface area (TPSA) is 57.9 Å². The normalized spacial score (nSPS) is 12.1. The third kappa shape index (κ3) is 3.21. The number of rotatable bonds is 5. The van der Waals surface area contributed by atoms with E-state index in [4.69, 9.17) is 4.74 Å². The Labute approximate surface area is 113 Å². The lowest BCUT2D eigenvalue weighted by Gasteiger charge is -2.15. The van der Waals surface area contributed by atoms with Crippen LogP contribution < -0.4 is 5.32 Å². The highest BCUT2D eigenvalue weighted by atomic mass is 16.5. The van der Waals surface area contributed by atoms with E-state index in [0.717, 1.165) is 10.9 Å². The minimum absolute atomic E-state index is 0.112. The Morgan fingerprint density at radius 2 is 2.21 bits per heavy atom. The number of benzene rings is 1. The minimum Gasteiger partial charge on any atom is -0.380 e. The number of hydrogen-bond acceptors (Lipinski definition) is 4. The number of nitrogens with zero attached hydrogens (tertiary/aromatic N) is 2. The quantitative estimate of drug-likeness (QED) is 0.892. The first kappa shape index (κ1) is 13.3. The van der Waals surface area contributed by atoms with Crippen LogP contribution in [-0.2, 0) is 4.74 Å². The average Bonchev–Trinajstić information content (AvgIpc) is 2.44. The highest BCUT2D eigenvalue weighted by Crippen LogP contribution is 2.20. The van der Waals surface area contributed by atoms with Crippen LogP contribution in [0, 0.1) is 11.3 Å². The van der Waals surface area contributed by atoms with Crippen LogP contribution in [-0.4, -0.2) is 24.2 Å². The minimum atomic E-state index is 0.112. The fourth-order valence-corrected chi connectivity index (χ4v) is 1.88. The number of anilines is 1. The van der Waals surface area contributed by atoms with E-state index in [9.17, 15) is 5.26 Å². The van der Waals surface area contributed by atoms with Crippen molar-refractivity contribution in [2.24, 2.45) is 0 Å². The Hall–Kier alpha value is -2.12. The van der Waals surface area contributed by atoms with Crippen molar-refractivity contribution in [1.82, 2.24) is 4.98 Å². The van der Waals surface area contributed by atoms with Crippen LogP contribution in [0.4, 0.5) is 5.82 Å². The largest absolute Gasteiger partial charge is 0.380 e. The Morgan fingerprint density at radius 1 is 1.42 bits per heavy atom. The molecule has 1 unspecified atom stereocenters. The van der Waals surface area contributed by atoms with E-state index in [-0.39, 0.29) is 6.04 Å². The predicted octanol–water partition coefficient (Wildman–Crippen LogP) is 2.94. The molecule has 1 heterocycles. The van der Waals surface area contributed by atoms with Crippen molar-refractivity contribution in [3.05, 3.63) is 35.9 Å². The number of fused-ring (bicyclic) bond motifs is 1. The summed E-state index contributed by atoms with van der Waals surface area (Å²) in [6.07, 6.45) is 0. The van der Waals surface area contributed by atoms with E-state index in [2.05, 4.69) is 16.4 Å². The molecule has 0 saturated heterocycles. The van der Waals surface area contributed by atoms with Gasteiger partial charge in [0, 0.05) is 18.0 Å². The summed E-state index contributed by atoms with van der Waals surface area (Å²) in [6, 6.07) is 11.9. The van der Waals surface area contributed by atoms with Gasteiger partial charge in [0.25, 0.3) is 0 Å². The van der Waals surface area contributed by atoms with Crippen molar-refractivity contribution in [2.45, 2.75) is 19.9 Å². The monoisotopic (exact) mass is 255 g/mol. The number of pyridine rings is 1. The van der Waals surface area contributed by atoms with Crippen molar-refractivity contribution in [3.63, 3.8) is 0 Å². The Kier molecular flexibility index (Phi) is 4.32. The first-order chi connectivity index (χ1) is 9.24. The molecule has 0 aliphatic carbocycles. The molecule has 0 aliphatic rings. The van der Waals surface area contributed by atoms with E-state index in [1.807, 2.05) is 44.2 Å². The number of aromatic nitrogens is 1. The number of nitriles is 1. The van der Waals surface area contributed by atoms with Crippen LogP contribution in [0.3, 0.4) is 0 Å². The zero-order valence-corrected chi connectivity index (χ0v) is 11.2. The van der Waals surface area contributed by atoms with Gasteiger partial charge in [-0.1, -0.05) is 18.2 Å². The molecule has 1 N–H and O–H groups in total. The highest BCUT2D eigenvalue weighted by Gasteiger charge is 2.09. The maximum atomic E-state index is 9.21. The molecule has 2 aromatic rings. The van der Waals surface area contributed by atoms with Gasteiger partial charge < -0.3 is 10.1 Å². The Morgan fingerprint density at radius 3 is 2.95 bits per heavy atom. The number of hydrogen-bond donors (Lipinski definition) is 1. The molecule has 0 fully saturated rings. The molecule has 0 spiro atoms. The van der Waals surface area contributed by atoms with Crippen molar-refractivity contribution < 1.29 is 4.74 Å². The molecule has 0 saturated carbocycles. The van der Waals surface area contributed by atoms with E-state index in [1.54, 1.807) is 0 Å². The summed E-state index contributed by atoms with van der Waals surface area (Å²) in [6.45, 7) is 5.24. The average molecular weight is 255 g/mol. The molecule has 1 aromatic carbocycles. The van der Waals surface area contributed by atoms with Crippen molar-refractivity contribution >= 4 is 16.7 Å². The second kappa shape index (κ2) is 6.17. The van der Waals surface area contributed by atoms with E-state index < -0.39 is 0 Å². The van der Waals surface area contributed by atoms with Crippen LogP contribution in [0.15, 0.2) is 30.3 Å². The lowest BCUT2D eigenvalue weighted by atomic mass is 10.1. The van der Waals surface area contributed by atoms with Gasteiger partial charge in [0.1, 0.15) is 11.9 Å². The van der Waals surface area contributed by atoms with Crippen LogP contribution in [0.5, 0.6) is 0 Å². The Balaban J connectivity index is 2.28. The SMILES string of the molecule is CCOCC(C)Nc1nc2ccccc2cc1C#N. The first-order valence-corrected chi connectivity index (χ1v) is 6.38. The second-order valence-electron chi connectivity index (χ2n) is 4.39. The summed E-state index contributed by atoms with van der Waals surface area (Å²) in [5.41, 5.74) is 1.44. The van der Waals surface area contributed by atoms with Gasteiger partial charge in [0.05, 0.1) is 17.7 Å². The molecule has 0 radical (unpaired) electrons. The number of para-hydroxylation sites is 1. The second-order valence-corrected chi connectivity index (χ2v) is 4.39. The molecule has 1 aromatic heterocycles. The Bertz CT molecular complexity index is 604. The summed E-state index contributed by atoms with van der Waals surface area (Å²) in [4.78, 5) is 4.50. The van der Waals surface area contributed by atoms with Gasteiger partial charge in [-0.25, -0.2) is 4.98 Å². The maximum absolute atomic E-state index is 9.21. The molecule has 0 bridgehead atoms. The van der Waals surface area contributed by atoms with Crippen LogP contribution in [0.1, 0.15) is 19.4 Å². The van der Waals surface area contributed by atoms with Gasteiger partial charge in [-0.15, -0.1) is 0 Å². The lowest BCUT2D eigenvalue weighted by Crippen LogP contribution is -2.23. The summed E-state index contributed by atoms with van der Waals surface area (Å²) in [5, 5.41) is 13.4. The summed E-state index contributed by atoms with van der Waals surface area (Å²) >= 11 is 0. The number of nitrogens with one attached hydrogen (secondary N) is 1. The molecule has 0 aliphatic heterocycles. The van der Waals surface area contributed by atoms with Crippen molar-refractivity contribution in [2.75, 3.05) is 18.5 Å². The fourth-order valence-electron chi connectivity index (χ4n) is 1.88. The molecular formula is C15H17N3O. The van der Waals surface area contributed by atoms with Gasteiger partial charge >= 0.3 is 0 Å². The zero-order chi connectivity index (χ0) is 13.7. The molecule has 4 nitrogen and oxygen atoms in total. The van der Waals surface area contributed by atoms with Gasteiger partial charge in [-0.2, -0.15) is 5.26 Å². The standard InChI is InChI=1S/C15H17N3O/c1-3-19-10-11(2)17-15-13(9-16)8-12-6-4-5-7-14(12)18-15/h4-8,11H,3,10H2,1-2H3,(H,17,18). The van der Waals surface area contributed by atoms with Crippen LogP contribution in [0.2, 0.25) is 0 Å².